The normalized spacial score (nSPS) is 11.8. The van der Waals surface area contributed by atoms with Gasteiger partial charge in [0.05, 0.1) is 7.11 Å². The molecule has 5 nitrogen and oxygen atoms in total. The molecule has 0 spiro atoms. The van der Waals surface area contributed by atoms with Gasteiger partial charge in [0.1, 0.15) is 12.0 Å². The first-order valence-corrected chi connectivity index (χ1v) is 4.42. The minimum atomic E-state index is -4.66. The van der Waals surface area contributed by atoms with E-state index in [0.29, 0.717) is 6.07 Å². The lowest BCUT2D eigenvalue weighted by Gasteiger charge is -2.07. The van der Waals surface area contributed by atoms with Crippen molar-refractivity contribution in [1.82, 2.24) is 14.4 Å². The summed E-state index contributed by atoms with van der Waals surface area (Å²) >= 11 is 0. The van der Waals surface area contributed by atoms with Gasteiger partial charge in [0.2, 0.25) is 5.88 Å². The molecule has 0 bridgehead atoms. The molecule has 2 heterocycles. The molecule has 0 aromatic carbocycles. The molecular weight excluding hydrogens is 239 g/mol. The van der Waals surface area contributed by atoms with Crippen molar-refractivity contribution in [1.29, 1.82) is 0 Å². The number of hydrogen-bond donors (Lipinski definition) is 0. The highest BCUT2D eigenvalue weighted by atomic mass is 19.4. The third-order valence-corrected chi connectivity index (χ3v) is 2.03. The maximum Gasteiger partial charge on any atom is 0.433 e. The van der Waals surface area contributed by atoms with Crippen LogP contribution in [-0.2, 0) is 6.18 Å². The van der Waals surface area contributed by atoms with Crippen LogP contribution < -0.4 is 10.3 Å². The molecule has 0 unspecified atom stereocenters. The van der Waals surface area contributed by atoms with Crippen LogP contribution in [-0.4, -0.2) is 21.5 Å². The first-order chi connectivity index (χ1) is 7.91. The van der Waals surface area contributed by atoms with E-state index >= 15 is 0 Å². The lowest BCUT2D eigenvalue weighted by molar-refractivity contribution is -0.141. The van der Waals surface area contributed by atoms with Crippen LogP contribution in [0.5, 0.6) is 5.88 Å². The highest BCUT2D eigenvalue weighted by Gasteiger charge is 2.33. The minimum absolute atomic E-state index is 0.0798. The van der Waals surface area contributed by atoms with Gasteiger partial charge in [-0.2, -0.15) is 13.2 Å². The second kappa shape index (κ2) is 3.72. The fourth-order valence-electron chi connectivity index (χ4n) is 1.25. The third-order valence-electron chi connectivity index (χ3n) is 2.03. The van der Waals surface area contributed by atoms with Crippen molar-refractivity contribution < 1.29 is 17.9 Å². The average Bonchev–Trinajstić information content (AvgIpc) is 2.27. The summed E-state index contributed by atoms with van der Waals surface area (Å²) in [4.78, 5) is 18.4. The number of nitrogens with zero attached hydrogens (tertiary/aromatic N) is 3. The highest BCUT2D eigenvalue weighted by Crippen LogP contribution is 2.26. The maximum absolute atomic E-state index is 12.4. The Morgan fingerprint density at radius 3 is 2.65 bits per heavy atom. The lowest BCUT2D eigenvalue weighted by atomic mass is 10.4. The minimum Gasteiger partial charge on any atom is -0.481 e. The van der Waals surface area contributed by atoms with E-state index in [4.69, 9.17) is 4.74 Å². The molecule has 0 saturated carbocycles. The molecule has 90 valence electrons. The van der Waals surface area contributed by atoms with Gasteiger partial charge in [-0.25, -0.2) is 9.97 Å². The summed E-state index contributed by atoms with van der Waals surface area (Å²) in [6.45, 7) is 0. The SMILES string of the molecule is COc1cc2nc(C(F)(F)F)cc(=O)n2cn1. The maximum atomic E-state index is 12.4. The van der Waals surface area contributed by atoms with E-state index in [-0.39, 0.29) is 11.5 Å². The molecule has 0 amide bonds. The largest absolute Gasteiger partial charge is 0.481 e. The average molecular weight is 245 g/mol. The van der Waals surface area contributed by atoms with Gasteiger partial charge in [-0.15, -0.1) is 0 Å². The number of aromatic nitrogens is 3. The van der Waals surface area contributed by atoms with Gasteiger partial charge in [0.15, 0.2) is 5.69 Å². The van der Waals surface area contributed by atoms with Crippen molar-refractivity contribution in [3.8, 4) is 5.88 Å². The van der Waals surface area contributed by atoms with E-state index in [0.717, 1.165) is 16.8 Å². The lowest BCUT2D eigenvalue weighted by Crippen LogP contribution is -2.20. The standard InChI is InChI=1S/C9H6F3N3O2/c1-17-7-3-6-14-5(9(10,11)12)2-8(16)15(6)4-13-7/h2-4H,1H3. The third kappa shape index (κ3) is 2.05. The fourth-order valence-corrected chi connectivity index (χ4v) is 1.25. The van der Waals surface area contributed by atoms with Crippen molar-refractivity contribution >= 4 is 5.65 Å². The molecule has 0 N–H and O–H groups in total. The van der Waals surface area contributed by atoms with Crippen LogP contribution in [0, 0.1) is 0 Å². The zero-order valence-electron chi connectivity index (χ0n) is 8.52. The first kappa shape index (κ1) is 11.4. The molecule has 8 heteroatoms. The Morgan fingerprint density at radius 2 is 2.06 bits per heavy atom. The molecule has 0 fully saturated rings. The Hall–Kier alpha value is -2.12. The smallest absolute Gasteiger partial charge is 0.433 e. The van der Waals surface area contributed by atoms with Gasteiger partial charge in [-0.1, -0.05) is 0 Å². The van der Waals surface area contributed by atoms with Crippen molar-refractivity contribution in [2.24, 2.45) is 0 Å². The Balaban J connectivity index is 2.75. The summed E-state index contributed by atoms with van der Waals surface area (Å²) in [6.07, 6.45) is -3.60. The van der Waals surface area contributed by atoms with E-state index in [2.05, 4.69) is 9.97 Å². The molecule has 0 aliphatic carbocycles. The van der Waals surface area contributed by atoms with E-state index < -0.39 is 17.4 Å². The number of fused-ring (bicyclic) bond motifs is 1. The fraction of sp³-hybridized carbons (Fsp3) is 0.222. The number of hydrogen-bond acceptors (Lipinski definition) is 4. The molecule has 2 rings (SSSR count). The Bertz CT molecular complexity index is 621. The monoisotopic (exact) mass is 245 g/mol. The molecule has 0 saturated heterocycles. The van der Waals surface area contributed by atoms with Crippen LogP contribution in [0.2, 0.25) is 0 Å². The molecule has 0 aliphatic heterocycles. The second-order valence-corrected chi connectivity index (χ2v) is 3.14. The summed E-state index contributed by atoms with van der Waals surface area (Å²) < 4.78 is 42.9. The zero-order valence-corrected chi connectivity index (χ0v) is 8.52. The predicted molar refractivity (Wildman–Crippen MR) is 50.8 cm³/mol. The summed E-state index contributed by atoms with van der Waals surface area (Å²) in [6, 6.07) is 1.57. The summed E-state index contributed by atoms with van der Waals surface area (Å²) in [5, 5.41) is 0. The molecule has 2 aromatic rings. The van der Waals surface area contributed by atoms with Crippen LogP contribution in [0.1, 0.15) is 5.69 Å². The highest BCUT2D eigenvalue weighted by molar-refractivity contribution is 5.41. The topological polar surface area (TPSA) is 56.5 Å². The van der Waals surface area contributed by atoms with Crippen LogP contribution in [0.25, 0.3) is 5.65 Å². The van der Waals surface area contributed by atoms with E-state index in [1.807, 2.05) is 0 Å². The predicted octanol–water partition coefficient (Wildman–Crippen LogP) is 1.12. The van der Waals surface area contributed by atoms with Gasteiger partial charge in [-0.05, 0) is 0 Å². The van der Waals surface area contributed by atoms with Crippen molar-refractivity contribution in [3.05, 3.63) is 34.5 Å². The number of methoxy groups -OCH3 is 1. The zero-order chi connectivity index (χ0) is 12.6. The van der Waals surface area contributed by atoms with E-state index in [1.54, 1.807) is 0 Å². The van der Waals surface area contributed by atoms with E-state index in [1.165, 1.54) is 7.11 Å². The van der Waals surface area contributed by atoms with Gasteiger partial charge in [0.25, 0.3) is 5.56 Å². The Kier molecular flexibility index (Phi) is 2.49. The number of alkyl halides is 3. The number of halogens is 3. The van der Waals surface area contributed by atoms with Crippen LogP contribution in [0.15, 0.2) is 23.3 Å². The number of ether oxygens (including phenoxy) is 1. The van der Waals surface area contributed by atoms with Gasteiger partial charge in [0, 0.05) is 12.1 Å². The molecular formula is C9H6F3N3O2. The second-order valence-electron chi connectivity index (χ2n) is 3.14. The summed E-state index contributed by atoms with van der Waals surface area (Å²) in [5.74, 6) is 0.0798. The van der Waals surface area contributed by atoms with Crippen LogP contribution in [0.3, 0.4) is 0 Å². The molecule has 0 atom stereocenters. The van der Waals surface area contributed by atoms with Crippen LogP contribution in [0.4, 0.5) is 13.2 Å². The summed E-state index contributed by atoms with van der Waals surface area (Å²) in [7, 11) is 1.31. The molecule has 0 aliphatic rings. The van der Waals surface area contributed by atoms with Gasteiger partial charge >= 0.3 is 6.18 Å². The first-order valence-electron chi connectivity index (χ1n) is 4.42. The van der Waals surface area contributed by atoms with E-state index in [9.17, 15) is 18.0 Å². The van der Waals surface area contributed by atoms with Crippen molar-refractivity contribution in [2.45, 2.75) is 6.18 Å². The Morgan fingerprint density at radius 1 is 1.35 bits per heavy atom. The molecule has 17 heavy (non-hydrogen) atoms. The molecule has 2 aromatic heterocycles. The van der Waals surface area contributed by atoms with Gasteiger partial charge < -0.3 is 4.74 Å². The van der Waals surface area contributed by atoms with Crippen molar-refractivity contribution in [2.75, 3.05) is 7.11 Å². The van der Waals surface area contributed by atoms with Crippen LogP contribution >= 0.6 is 0 Å². The van der Waals surface area contributed by atoms with Gasteiger partial charge in [-0.3, -0.25) is 9.20 Å². The number of rotatable bonds is 1. The summed E-state index contributed by atoms with van der Waals surface area (Å²) in [5.41, 5.74) is -2.26. The quantitative estimate of drug-likeness (QED) is 0.755. The Labute approximate surface area is 92.5 Å². The molecule has 0 radical (unpaired) electrons. The van der Waals surface area contributed by atoms with Crippen molar-refractivity contribution in [3.63, 3.8) is 0 Å².